The Balaban J connectivity index is 1.66. The number of thiazole rings is 1. The molecular weight excluding hydrogens is 394 g/mol. The second-order valence-electron chi connectivity index (χ2n) is 5.59. The van der Waals surface area contributed by atoms with Crippen LogP contribution in [0.2, 0.25) is 0 Å². The highest BCUT2D eigenvalue weighted by Crippen LogP contribution is 2.25. The van der Waals surface area contributed by atoms with E-state index in [-0.39, 0.29) is 23.0 Å². The maximum absolute atomic E-state index is 13.4. The number of halogens is 2. The number of methoxy groups -OCH3 is 1. The van der Waals surface area contributed by atoms with E-state index in [1.165, 1.54) is 36.6 Å². The zero-order valence-corrected chi connectivity index (χ0v) is 15.9. The van der Waals surface area contributed by atoms with Gasteiger partial charge in [-0.3, -0.25) is 0 Å². The van der Waals surface area contributed by atoms with Crippen LogP contribution in [0.1, 0.15) is 5.69 Å². The van der Waals surface area contributed by atoms with E-state index in [9.17, 15) is 17.2 Å². The second kappa shape index (κ2) is 8.12. The molecule has 0 saturated carbocycles. The topological polar surface area (TPSA) is 68.3 Å². The van der Waals surface area contributed by atoms with Crippen LogP contribution in [0.4, 0.5) is 8.78 Å². The molecule has 3 aromatic rings. The molecule has 0 radical (unpaired) electrons. The van der Waals surface area contributed by atoms with Crippen LogP contribution < -0.4 is 9.46 Å². The van der Waals surface area contributed by atoms with Gasteiger partial charge < -0.3 is 4.74 Å². The van der Waals surface area contributed by atoms with Crippen molar-refractivity contribution >= 4 is 21.4 Å². The summed E-state index contributed by atoms with van der Waals surface area (Å²) < 4.78 is 58.6. The number of nitrogens with zero attached hydrogens (tertiary/aromatic N) is 1. The molecule has 0 spiro atoms. The smallest absolute Gasteiger partial charge is 0.244 e. The number of hydrogen-bond donors (Lipinski definition) is 1. The normalized spacial score (nSPS) is 11.5. The first-order valence-corrected chi connectivity index (χ1v) is 10.3. The van der Waals surface area contributed by atoms with Gasteiger partial charge >= 0.3 is 0 Å². The molecule has 5 nitrogen and oxygen atoms in total. The molecule has 0 aliphatic rings. The summed E-state index contributed by atoms with van der Waals surface area (Å²) in [5, 5.41) is 2.54. The Hall–Kier alpha value is -2.36. The second-order valence-corrected chi connectivity index (χ2v) is 8.19. The van der Waals surface area contributed by atoms with Crippen molar-refractivity contribution in [2.75, 3.05) is 13.7 Å². The van der Waals surface area contributed by atoms with Gasteiger partial charge in [0.05, 0.1) is 12.8 Å². The number of sulfonamides is 1. The van der Waals surface area contributed by atoms with Crippen molar-refractivity contribution in [2.45, 2.75) is 11.3 Å². The van der Waals surface area contributed by atoms with Crippen LogP contribution in [0.5, 0.6) is 5.75 Å². The minimum absolute atomic E-state index is 0.0659. The van der Waals surface area contributed by atoms with Gasteiger partial charge in [-0.25, -0.2) is 26.9 Å². The van der Waals surface area contributed by atoms with Crippen molar-refractivity contribution in [2.24, 2.45) is 0 Å². The molecule has 0 amide bonds. The number of ether oxygens (including phenoxy) is 1. The minimum atomic E-state index is -3.93. The molecule has 142 valence electrons. The first kappa shape index (κ1) is 19.4. The van der Waals surface area contributed by atoms with Crippen molar-refractivity contribution in [3.63, 3.8) is 0 Å². The van der Waals surface area contributed by atoms with Gasteiger partial charge in [0.2, 0.25) is 10.0 Å². The fraction of sp³-hybridized carbons (Fsp3) is 0.167. The molecule has 0 bridgehead atoms. The Morgan fingerprint density at radius 2 is 1.81 bits per heavy atom. The summed E-state index contributed by atoms with van der Waals surface area (Å²) in [5.41, 5.74) is 1.49. The maximum atomic E-state index is 13.4. The summed E-state index contributed by atoms with van der Waals surface area (Å²) in [6.07, 6.45) is 0.356. The first-order valence-electron chi connectivity index (χ1n) is 7.92. The van der Waals surface area contributed by atoms with Gasteiger partial charge in [0.15, 0.2) is 0 Å². The third-order valence-electron chi connectivity index (χ3n) is 3.73. The average molecular weight is 410 g/mol. The van der Waals surface area contributed by atoms with E-state index < -0.39 is 15.8 Å². The average Bonchev–Trinajstić information content (AvgIpc) is 3.11. The van der Waals surface area contributed by atoms with Crippen molar-refractivity contribution in [3.05, 3.63) is 65.2 Å². The lowest BCUT2D eigenvalue weighted by atomic mass is 10.2. The van der Waals surface area contributed by atoms with E-state index in [0.717, 1.165) is 22.7 Å². The summed E-state index contributed by atoms with van der Waals surface area (Å²) in [6, 6.07) is 9.29. The largest absolute Gasteiger partial charge is 0.495 e. The van der Waals surface area contributed by atoms with Crippen LogP contribution in [0.15, 0.2) is 52.7 Å². The number of aromatic nitrogens is 1. The highest BCUT2D eigenvalue weighted by Gasteiger charge is 2.20. The van der Waals surface area contributed by atoms with E-state index in [0.29, 0.717) is 12.1 Å². The SMILES string of the molecule is COc1ccc(F)cc1S(=O)(=O)NCCc1csc(-c2ccc(F)cc2)n1. The highest BCUT2D eigenvalue weighted by atomic mass is 32.2. The van der Waals surface area contributed by atoms with E-state index >= 15 is 0 Å². The van der Waals surface area contributed by atoms with E-state index in [4.69, 9.17) is 4.74 Å². The number of nitrogens with one attached hydrogen (secondary N) is 1. The molecule has 3 rings (SSSR count). The molecule has 1 aromatic heterocycles. The summed E-state index contributed by atoms with van der Waals surface area (Å²) >= 11 is 1.39. The van der Waals surface area contributed by atoms with Gasteiger partial charge in [0, 0.05) is 23.9 Å². The zero-order chi connectivity index (χ0) is 19.4. The molecule has 9 heteroatoms. The fourth-order valence-electron chi connectivity index (χ4n) is 2.40. The number of benzene rings is 2. The van der Waals surface area contributed by atoms with E-state index in [2.05, 4.69) is 9.71 Å². The lowest BCUT2D eigenvalue weighted by molar-refractivity contribution is 0.400. The van der Waals surface area contributed by atoms with Gasteiger partial charge in [0.25, 0.3) is 0 Å². The monoisotopic (exact) mass is 410 g/mol. The predicted molar refractivity (Wildman–Crippen MR) is 99.4 cm³/mol. The van der Waals surface area contributed by atoms with Gasteiger partial charge in [-0.1, -0.05) is 0 Å². The van der Waals surface area contributed by atoms with Crippen LogP contribution in [-0.4, -0.2) is 27.1 Å². The molecule has 0 aliphatic carbocycles. The summed E-state index contributed by atoms with van der Waals surface area (Å²) in [4.78, 5) is 4.17. The Kier molecular flexibility index (Phi) is 5.83. The first-order chi connectivity index (χ1) is 12.9. The minimum Gasteiger partial charge on any atom is -0.495 e. The summed E-state index contributed by atoms with van der Waals surface area (Å²) in [7, 11) is -2.61. The zero-order valence-electron chi connectivity index (χ0n) is 14.3. The molecule has 0 saturated heterocycles. The Morgan fingerprint density at radius 1 is 1.11 bits per heavy atom. The molecule has 0 atom stereocenters. The molecule has 0 fully saturated rings. The third kappa shape index (κ3) is 4.68. The van der Waals surface area contributed by atoms with Crippen LogP contribution in [0, 0.1) is 11.6 Å². The van der Waals surface area contributed by atoms with Crippen LogP contribution in [-0.2, 0) is 16.4 Å². The quantitative estimate of drug-likeness (QED) is 0.646. The molecule has 0 aliphatic heterocycles. The molecule has 1 heterocycles. The van der Waals surface area contributed by atoms with Crippen molar-refractivity contribution in [1.82, 2.24) is 9.71 Å². The van der Waals surface area contributed by atoms with Gasteiger partial charge in [-0.05, 0) is 42.5 Å². The molecule has 0 unspecified atom stereocenters. The lowest BCUT2D eigenvalue weighted by Crippen LogP contribution is -2.26. The van der Waals surface area contributed by atoms with Crippen molar-refractivity contribution in [1.29, 1.82) is 0 Å². The maximum Gasteiger partial charge on any atom is 0.244 e. The van der Waals surface area contributed by atoms with E-state index in [1.807, 2.05) is 5.38 Å². The molecule has 1 N–H and O–H groups in total. The Bertz CT molecular complexity index is 1040. The van der Waals surface area contributed by atoms with Crippen LogP contribution in [0.3, 0.4) is 0 Å². The third-order valence-corrected chi connectivity index (χ3v) is 6.15. The summed E-state index contributed by atoms with van der Waals surface area (Å²) in [6.45, 7) is 0.0919. The van der Waals surface area contributed by atoms with Gasteiger partial charge in [-0.15, -0.1) is 11.3 Å². The molecular formula is C18H16F2N2O3S2. The highest BCUT2D eigenvalue weighted by molar-refractivity contribution is 7.89. The molecule has 2 aromatic carbocycles. The van der Waals surface area contributed by atoms with Crippen molar-refractivity contribution in [3.8, 4) is 16.3 Å². The Morgan fingerprint density at radius 3 is 2.52 bits per heavy atom. The van der Waals surface area contributed by atoms with Crippen LogP contribution in [0.25, 0.3) is 10.6 Å². The number of hydrogen-bond acceptors (Lipinski definition) is 5. The standard InChI is InChI=1S/C18H16F2N2O3S2/c1-25-16-7-6-14(20)10-17(16)27(23,24)21-9-8-15-11-26-18(22-15)12-2-4-13(19)5-3-12/h2-7,10-11,21H,8-9H2,1H3. The van der Waals surface area contributed by atoms with Gasteiger partial charge in [-0.2, -0.15) is 0 Å². The predicted octanol–water partition coefficient (Wildman–Crippen LogP) is 3.62. The van der Waals surface area contributed by atoms with Gasteiger partial charge in [0.1, 0.15) is 27.3 Å². The van der Waals surface area contributed by atoms with Crippen molar-refractivity contribution < 1.29 is 21.9 Å². The Labute approximate surface area is 159 Å². The van der Waals surface area contributed by atoms with E-state index in [1.54, 1.807) is 12.1 Å². The summed E-state index contributed by atoms with van der Waals surface area (Å²) in [5.74, 6) is -0.923. The fourth-order valence-corrected chi connectivity index (χ4v) is 4.47. The van der Waals surface area contributed by atoms with Crippen LogP contribution >= 0.6 is 11.3 Å². The lowest BCUT2D eigenvalue weighted by Gasteiger charge is -2.10. The number of rotatable bonds is 7. The molecule has 27 heavy (non-hydrogen) atoms.